The van der Waals surface area contributed by atoms with Crippen molar-refractivity contribution in [3.63, 3.8) is 0 Å². The van der Waals surface area contributed by atoms with Gasteiger partial charge in [-0.2, -0.15) is 0 Å². The van der Waals surface area contributed by atoms with Gasteiger partial charge in [0.2, 0.25) is 0 Å². The van der Waals surface area contributed by atoms with Crippen molar-refractivity contribution in [3.05, 3.63) is 42.0 Å². The van der Waals surface area contributed by atoms with Gasteiger partial charge in [-0.05, 0) is 16.8 Å². The van der Waals surface area contributed by atoms with Crippen molar-refractivity contribution >= 4 is 28.5 Å². The van der Waals surface area contributed by atoms with E-state index in [9.17, 15) is 9.90 Å². The molecule has 1 N–H and O–H groups in total. The summed E-state index contributed by atoms with van der Waals surface area (Å²) in [5, 5.41) is 12.3. The number of methoxy groups -OCH3 is 1. The van der Waals surface area contributed by atoms with Gasteiger partial charge in [-0.1, -0.05) is 30.3 Å². The third-order valence-electron chi connectivity index (χ3n) is 4.01. The standard InChI is InChI=1S/C17H19NO3S/c1-21-17(20)16-11-18(8-9-22-16)10-14-13-5-3-2-4-12(13)6-7-15(14)19/h2-7,16,19H,8-11H2,1H3/t16-/m1/s1. The van der Waals surface area contributed by atoms with Crippen LogP contribution in [0.2, 0.25) is 0 Å². The minimum Gasteiger partial charge on any atom is -0.508 e. The molecule has 2 aromatic carbocycles. The van der Waals surface area contributed by atoms with Crippen molar-refractivity contribution in [2.24, 2.45) is 0 Å². The Bertz CT molecular complexity index is 689. The number of carbonyl (C=O) groups is 1. The highest BCUT2D eigenvalue weighted by atomic mass is 32.2. The van der Waals surface area contributed by atoms with Crippen LogP contribution in [0.25, 0.3) is 10.8 Å². The molecule has 1 aliphatic heterocycles. The average Bonchev–Trinajstić information content (AvgIpc) is 2.57. The summed E-state index contributed by atoms with van der Waals surface area (Å²) < 4.78 is 4.85. The van der Waals surface area contributed by atoms with E-state index in [1.165, 1.54) is 7.11 Å². The Morgan fingerprint density at radius 3 is 3.00 bits per heavy atom. The average molecular weight is 317 g/mol. The van der Waals surface area contributed by atoms with Crippen molar-refractivity contribution in [2.75, 3.05) is 26.0 Å². The predicted molar refractivity (Wildman–Crippen MR) is 89.2 cm³/mol. The van der Waals surface area contributed by atoms with Crippen LogP contribution in [0, 0.1) is 0 Å². The zero-order chi connectivity index (χ0) is 15.5. The van der Waals surface area contributed by atoms with Gasteiger partial charge in [0, 0.05) is 31.0 Å². The summed E-state index contributed by atoms with van der Waals surface area (Å²) in [6, 6.07) is 11.7. The highest BCUT2D eigenvalue weighted by Gasteiger charge is 2.27. The number of fused-ring (bicyclic) bond motifs is 1. The van der Waals surface area contributed by atoms with Crippen LogP contribution in [0.5, 0.6) is 5.75 Å². The van der Waals surface area contributed by atoms with E-state index in [0.29, 0.717) is 18.8 Å². The van der Waals surface area contributed by atoms with Gasteiger partial charge in [0.15, 0.2) is 0 Å². The summed E-state index contributed by atoms with van der Waals surface area (Å²) in [6.07, 6.45) is 0. The molecule has 0 bridgehead atoms. The molecule has 0 amide bonds. The van der Waals surface area contributed by atoms with Crippen molar-refractivity contribution in [1.29, 1.82) is 0 Å². The lowest BCUT2D eigenvalue weighted by Crippen LogP contribution is -2.41. The van der Waals surface area contributed by atoms with Gasteiger partial charge in [-0.25, -0.2) is 0 Å². The lowest BCUT2D eigenvalue weighted by Gasteiger charge is -2.31. The van der Waals surface area contributed by atoms with E-state index in [-0.39, 0.29) is 11.2 Å². The second-order valence-corrected chi connectivity index (χ2v) is 6.71. The molecule has 1 atom stereocenters. The quantitative estimate of drug-likeness (QED) is 0.882. The van der Waals surface area contributed by atoms with E-state index in [2.05, 4.69) is 4.90 Å². The molecule has 1 fully saturated rings. The number of rotatable bonds is 3. The molecule has 22 heavy (non-hydrogen) atoms. The summed E-state index contributed by atoms with van der Waals surface area (Å²) >= 11 is 1.64. The number of carbonyl (C=O) groups excluding carboxylic acids is 1. The molecule has 3 rings (SSSR count). The van der Waals surface area contributed by atoms with Gasteiger partial charge in [0.25, 0.3) is 0 Å². The van der Waals surface area contributed by atoms with Crippen molar-refractivity contribution in [1.82, 2.24) is 4.90 Å². The van der Waals surface area contributed by atoms with Crippen molar-refractivity contribution in [2.45, 2.75) is 11.8 Å². The first-order valence-corrected chi connectivity index (χ1v) is 8.35. The van der Waals surface area contributed by atoms with Crippen LogP contribution in [0.3, 0.4) is 0 Å². The largest absolute Gasteiger partial charge is 0.508 e. The minimum atomic E-state index is -0.170. The molecular weight excluding hydrogens is 298 g/mol. The molecule has 1 aliphatic rings. The summed E-state index contributed by atoms with van der Waals surface area (Å²) in [5.41, 5.74) is 0.925. The van der Waals surface area contributed by atoms with Crippen molar-refractivity contribution < 1.29 is 14.6 Å². The van der Waals surface area contributed by atoms with Crippen LogP contribution in [-0.4, -0.2) is 47.2 Å². The van der Waals surface area contributed by atoms with Gasteiger partial charge in [-0.15, -0.1) is 11.8 Å². The molecule has 0 unspecified atom stereocenters. The normalized spacial score (nSPS) is 19.2. The summed E-state index contributed by atoms with van der Waals surface area (Å²) in [6.45, 7) is 2.20. The fourth-order valence-corrected chi connectivity index (χ4v) is 4.03. The predicted octanol–water partition coefficient (Wildman–Crippen LogP) is 2.64. The van der Waals surface area contributed by atoms with Crippen LogP contribution in [0.1, 0.15) is 5.56 Å². The van der Waals surface area contributed by atoms with Crippen LogP contribution in [0.15, 0.2) is 36.4 Å². The van der Waals surface area contributed by atoms with Gasteiger partial charge in [0.05, 0.1) is 7.11 Å². The zero-order valence-electron chi connectivity index (χ0n) is 12.5. The Morgan fingerprint density at radius 2 is 2.18 bits per heavy atom. The Labute approximate surface area is 134 Å². The molecule has 0 saturated carbocycles. The van der Waals surface area contributed by atoms with E-state index in [0.717, 1.165) is 28.6 Å². The van der Waals surface area contributed by atoms with Crippen LogP contribution in [0.4, 0.5) is 0 Å². The number of esters is 1. The fourth-order valence-electron chi connectivity index (χ4n) is 2.83. The van der Waals surface area contributed by atoms with Gasteiger partial charge >= 0.3 is 5.97 Å². The molecule has 116 valence electrons. The molecule has 0 radical (unpaired) electrons. The molecule has 4 nitrogen and oxygen atoms in total. The van der Waals surface area contributed by atoms with E-state index < -0.39 is 0 Å². The zero-order valence-corrected chi connectivity index (χ0v) is 13.3. The van der Waals surface area contributed by atoms with Gasteiger partial charge in [-0.3, -0.25) is 9.69 Å². The number of hydrogen-bond donors (Lipinski definition) is 1. The molecule has 1 heterocycles. The van der Waals surface area contributed by atoms with Crippen LogP contribution < -0.4 is 0 Å². The Morgan fingerprint density at radius 1 is 1.36 bits per heavy atom. The number of benzene rings is 2. The maximum Gasteiger partial charge on any atom is 0.320 e. The van der Waals surface area contributed by atoms with E-state index >= 15 is 0 Å². The lowest BCUT2D eigenvalue weighted by molar-refractivity contribution is -0.140. The van der Waals surface area contributed by atoms with E-state index in [1.54, 1.807) is 17.8 Å². The number of nitrogens with zero attached hydrogens (tertiary/aromatic N) is 1. The number of hydrogen-bond acceptors (Lipinski definition) is 5. The first-order chi connectivity index (χ1) is 10.7. The Balaban J connectivity index is 1.84. The fraction of sp³-hybridized carbons (Fsp3) is 0.353. The number of aromatic hydroxyl groups is 1. The topological polar surface area (TPSA) is 49.8 Å². The number of ether oxygens (including phenoxy) is 1. The number of phenolic OH excluding ortho intramolecular Hbond substituents is 1. The maximum absolute atomic E-state index is 11.7. The molecule has 0 aliphatic carbocycles. The summed E-state index contributed by atoms with van der Waals surface area (Å²) in [5.74, 6) is 1.04. The Kier molecular flexibility index (Phi) is 4.55. The van der Waals surface area contributed by atoms with E-state index in [1.807, 2.05) is 30.3 Å². The number of thioether (sulfide) groups is 1. The van der Waals surface area contributed by atoms with Gasteiger partial charge < -0.3 is 9.84 Å². The molecule has 0 spiro atoms. The Hall–Kier alpha value is -1.72. The third kappa shape index (κ3) is 3.05. The van der Waals surface area contributed by atoms with E-state index in [4.69, 9.17) is 4.74 Å². The highest BCUT2D eigenvalue weighted by Crippen LogP contribution is 2.30. The third-order valence-corrected chi connectivity index (χ3v) is 5.17. The SMILES string of the molecule is COC(=O)[C@H]1CN(Cc2c(O)ccc3ccccc23)CCS1. The van der Waals surface area contributed by atoms with Crippen molar-refractivity contribution in [3.8, 4) is 5.75 Å². The first kappa shape index (κ1) is 15.2. The minimum absolute atomic E-state index is 0.143. The molecule has 5 heteroatoms. The molecule has 1 saturated heterocycles. The maximum atomic E-state index is 11.7. The lowest BCUT2D eigenvalue weighted by atomic mass is 10.0. The van der Waals surface area contributed by atoms with Crippen LogP contribution >= 0.6 is 11.8 Å². The highest BCUT2D eigenvalue weighted by molar-refractivity contribution is 8.00. The van der Waals surface area contributed by atoms with Gasteiger partial charge in [0.1, 0.15) is 11.0 Å². The molecule has 0 aromatic heterocycles. The second-order valence-electron chi connectivity index (χ2n) is 5.40. The smallest absolute Gasteiger partial charge is 0.320 e. The first-order valence-electron chi connectivity index (χ1n) is 7.30. The molecular formula is C17H19NO3S. The second kappa shape index (κ2) is 6.58. The number of phenols is 1. The monoisotopic (exact) mass is 317 g/mol. The summed E-state index contributed by atoms with van der Waals surface area (Å²) in [7, 11) is 1.43. The van der Waals surface area contributed by atoms with Crippen LogP contribution in [-0.2, 0) is 16.1 Å². The molecule has 2 aromatic rings. The summed E-state index contributed by atoms with van der Waals surface area (Å²) in [4.78, 5) is 13.9.